The van der Waals surface area contributed by atoms with Gasteiger partial charge in [0.05, 0.1) is 34.0 Å². The molecule has 2 heterocycles. The van der Waals surface area contributed by atoms with Gasteiger partial charge < -0.3 is 9.84 Å². The number of hydrogen-bond acceptors (Lipinski definition) is 8. The molecule has 4 amide bonds. The lowest BCUT2D eigenvalue weighted by molar-refractivity contribution is -0.384. The van der Waals surface area contributed by atoms with Crippen molar-refractivity contribution in [2.75, 3.05) is 19.1 Å². The van der Waals surface area contributed by atoms with Crippen LogP contribution in [0.15, 0.2) is 50.9 Å². The molecule has 0 bridgehead atoms. The van der Waals surface area contributed by atoms with Crippen molar-refractivity contribution in [2.24, 2.45) is 17.8 Å². The van der Waals surface area contributed by atoms with Gasteiger partial charge in [0.15, 0.2) is 21.2 Å². The number of nitro groups is 1. The predicted molar refractivity (Wildman–Crippen MR) is 161 cm³/mol. The average molecular weight is 758 g/mol. The number of nitrogens with zero attached hydrogens (tertiary/aromatic N) is 3. The minimum atomic E-state index is -2.04. The number of aromatic hydroxyl groups is 1. The number of rotatable bonds is 4. The third-order valence-corrected chi connectivity index (χ3v) is 12.6. The molecule has 6 rings (SSSR count). The van der Waals surface area contributed by atoms with Gasteiger partial charge in [-0.15, -0.1) is 23.2 Å². The van der Waals surface area contributed by atoms with Gasteiger partial charge in [0.25, 0.3) is 17.5 Å². The molecule has 2 aliphatic carbocycles. The average Bonchev–Trinajstić information content (AvgIpc) is 3.31. The number of allylic oxidation sites excluding steroid dienone is 2. The van der Waals surface area contributed by atoms with Crippen LogP contribution in [-0.2, 0) is 19.2 Å². The molecule has 2 aliphatic heterocycles. The molecule has 2 saturated heterocycles. The SMILES string of the molecule is COc1cc([C@H]2C3=CC[C@@H]4C(=O)N(c5cccc([N+](=O)[O-])c5)C(=O)[C@@H]4[C@@H]3C[C@@]3(Cl)C(=O)N(C)C(=O)[C@@]23Cl)c(Br)c(Br)c1O. The summed E-state index contributed by atoms with van der Waals surface area (Å²) in [6.07, 6.45) is 1.65. The predicted octanol–water partition coefficient (Wildman–Crippen LogP) is 5.03. The van der Waals surface area contributed by atoms with Gasteiger partial charge in [0.1, 0.15) is 0 Å². The van der Waals surface area contributed by atoms with Crippen LogP contribution in [0.25, 0.3) is 0 Å². The minimum Gasteiger partial charge on any atom is -0.503 e. The van der Waals surface area contributed by atoms with Crippen LogP contribution in [0.5, 0.6) is 11.5 Å². The molecule has 3 fully saturated rings. The zero-order valence-electron chi connectivity index (χ0n) is 22.3. The summed E-state index contributed by atoms with van der Waals surface area (Å²) in [7, 11) is 2.63. The van der Waals surface area contributed by atoms with Crippen molar-refractivity contribution < 1.29 is 33.9 Å². The van der Waals surface area contributed by atoms with Crippen molar-refractivity contribution in [3.63, 3.8) is 0 Å². The number of likely N-dealkylation sites (tertiary alicyclic amines) is 1. The van der Waals surface area contributed by atoms with Gasteiger partial charge in [-0.25, -0.2) is 4.90 Å². The summed E-state index contributed by atoms with van der Waals surface area (Å²) in [6.45, 7) is 0. The number of benzene rings is 2. The number of non-ortho nitro benzene ring substituents is 1. The van der Waals surface area contributed by atoms with Crippen molar-refractivity contribution in [3.8, 4) is 11.5 Å². The van der Waals surface area contributed by atoms with Gasteiger partial charge in [0.2, 0.25) is 11.8 Å². The Hall–Kier alpha value is -3.00. The van der Waals surface area contributed by atoms with Crippen LogP contribution in [0.3, 0.4) is 0 Å². The molecule has 11 nitrogen and oxygen atoms in total. The summed E-state index contributed by atoms with van der Waals surface area (Å²) in [5, 5.41) is 22.0. The Morgan fingerprint density at radius 1 is 1.07 bits per heavy atom. The van der Waals surface area contributed by atoms with E-state index < -0.39 is 62.0 Å². The number of halogens is 4. The first-order valence-corrected chi connectivity index (χ1v) is 15.3. The van der Waals surface area contributed by atoms with Crippen LogP contribution in [0.4, 0.5) is 11.4 Å². The summed E-state index contributed by atoms with van der Waals surface area (Å²) in [5.41, 5.74) is 0.665. The maximum absolute atomic E-state index is 14.1. The maximum Gasteiger partial charge on any atom is 0.271 e. The highest BCUT2D eigenvalue weighted by atomic mass is 79.9. The molecule has 2 aromatic carbocycles. The largest absolute Gasteiger partial charge is 0.503 e. The maximum atomic E-state index is 14.1. The van der Waals surface area contributed by atoms with E-state index in [1.807, 2.05) is 0 Å². The van der Waals surface area contributed by atoms with Gasteiger partial charge >= 0.3 is 0 Å². The zero-order chi connectivity index (χ0) is 31.3. The fraction of sp³-hybridized carbons (Fsp3) is 0.357. The quantitative estimate of drug-likeness (QED) is 0.150. The monoisotopic (exact) mass is 755 g/mol. The number of phenols is 1. The Kier molecular flexibility index (Phi) is 7.00. The number of carbonyl (C=O) groups is 4. The summed E-state index contributed by atoms with van der Waals surface area (Å²) in [5.74, 6) is -6.49. The molecule has 0 aromatic heterocycles. The van der Waals surface area contributed by atoms with E-state index in [9.17, 15) is 34.4 Å². The van der Waals surface area contributed by atoms with E-state index in [-0.39, 0.29) is 40.2 Å². The molecule has 0 radical (unpaired) electrons. The van der Waals surface area contributed by atoms with Crippen LogP contribution < -0.4 is 9.64 Å². The highest BCUT2D eigenvalue weighted by molar-refractivity contribution is 9.13. The fourth-order valence-corrected chi connectivity index (χ4v) is 9.03. The van der Waals surface area contributed by atoms with E-state index in [0.29, 0.717) is 15.6 Å². The van der Waals surface area contributed by atoms with Gasteiger partial charge in [-0.3, -0.25) is 34.2 Å². The Labute approximate surface area is 271 Å². The third-order valence-electron chi connectivity index (χ3n) is 9.02. The van der Waals surface area contributed by atoms with E-state index in [2.05, 4.69) is 31.9 Å². The first kappa shape index (κ1) is 30.0. The number of alkyl halides is 2. The van der Waals surface area contributed by atoms with Crippen molar-refractivity contribution in [1.82, 2.24) is 4.90 Å². The molecule has 1 N–H and O–H groups in total. The molecule has 43 heavy (non-hydrogen) atoms. The second kappa shape index (κ2) is 10.0. The van der Waals surface area contributed by atoms with Crippen LogP contribution in [0, 0.1) is 27.9 Å². The number of hydrogen-bond donors (Lipinski definition) is 1. The molecule has 224 valence electrons. The van der Waals surface area contributed by atoms with Crippen molar-refractivity contribution in [1.29, 1.82) is 0 Å². The van der Waals surface area contributed by atoms with E-state index in [0.717, 1.165) is 15.9 Å². The van der Waals surface area contributed by atoms with E-state index >= 15 is 0 Å². The highest BCUT2D eigenvalue weighted by Crippen LogP contribution is 2.66. The lowest BCUT2D eigenvalue weighted by Crippen LogP contribution is -2.60. The third kappa shape index (κ3) is 3.83. The molecular formula is C28H21Br2Cl2N3O8. The van der Waals surface area contributed by atoms with Gasteiger partial charge in [-0.05, 0) is 68.3 Å². The Bertz CT molecular complexity index is 1720. The van der Waals surface area contributed by atoms with Crippen molar-refractivity contribution >= 4 is 90.1 Å². The molecule has 1 saturated carbocycles. The number of fused-ring (bicyclic) bond motifs is 4. The molecule has 4 aliphatic rings. The number of ether oxygens (including phenoxy) is 1. The summed E-state index contributed by atoms with van der Waals surface area (Å²) < 4.78 is 5.89. The first-order chi connectivity index (χ1) is 20.2. The molecular weight excluding hydrogens is 737 g/mol. The number of anilines is 1. The molecule has 0 spiro atoms. The first-order valence-electron chi connectivity index (χ1n) is 13.0. The van der Waals surface area contributed by atoms with E-state index in [4.69, 9.17) is 27.9 Å². The Balaban J connectivity index is 1.55. The molecule has 15 heteroatoms. The van der Waals surface area contributed by atoms with Crippen LogP contribution >= 0.6 is 55.1 Å². The summed E-state index contributed by atoms with van der Waals surface area (Å²) >= 11 is 21.2. The standard InChI is InChI=1S/C28H21Br2Cl2N3O8/c1-33-25(39)27(31)10-16-13(19(28(27,32)26(33)40)15-9-17(43-2)22(36)21(30)20(15)29)6-7-14-18(16)24(38)34(23(14)37)11-4-3-5-12(8-11)35(41)42/h3-6,8-9,14,16,18-19,36H,7,10H2,1-2H3/t14-,16+,18-,19+,27+,28-/m0/s1. The normalized spacial score (nSPS) is 31.5. The second-order valence-electron chi connectivity index (χ2n) is 10.9. The lowest BCUT2D eigenvalue weighted by Gasteiger charge is -2.51. The van der Waals surface area contributed by atoms with Gasteiger partial charge in [-0.2, -0.15) is 0 Å². The molecule has 0 unspecified atom stereocenters. The molecule has 6 atom stereocenters. The molecule has 2 aromatic rings. The summed E-state index contributed by atoms with van der Waals surface area (Å²) in [4.78, 5) is 63.7. The minimum absolute atomic E-state index is 0.0519. The lowest BCUT2D eigenvalue weighted by atomic mass is 9.56. The number of amides is 4. The number of methoxy groups -OCH3 is 1. The van der Waals surface area contributed by atoms with Crippen LogP contribution in [0.1, 0.15) is 24.3 Å². The Morgan fingerprint density at radius 2 is 1.77 bits per heavy atom. The Morgan fingerprint density at radius 3 is 2.42 bits per heavy atom. The van der Waals surface area contributed by atoms with E-state index in [1.165, 1.54) is 38.4 Å². The number of carbonyl (C=O) groups excluding carboxylic acids is 4. The van der Waals surface area contributed by atoms with Crippen LogP contribution in [-0.4, -0.2) is 62.5 Å². The zero-order valence-corrected chi connectivity index (χ0v) is 27.0. The highest BCUT2D eigenvalue weighted by Gasteiger charge is 2.76. The summed E-state index contributed by atoms with van der Waals surface area (Å²) in [6, 6.07) is 6.72. The fourth-order valence-electron chi connectivity index (χ4n) is 7.07. The topological polar surface area (TPSA) is 147 Å². The van der Waals surface area contributed by atoms with Crippen molar-refractivity contribution in [2.45, 2.75) is 28.5 Å². The van der Waals surface area contributed by atoms with Crippen LogP contribution in [0.2, 0.25) is 0 Å². The van der Waals surface area contributed by atoms with E-state index in [1.54, 1.807) is 6.08 Å². The number of imide groups is 2. The number of nitro benzene ring substituents is 1. The van der Waals surface area contributed by atoms with Gasteiger partial charge in [-0.1, -0.05) is 17.7 Å². The van der Waals surface area contributed by atoms with Gasteiger partial charge in [0, 0.05) is 29.6 Å². The number of phenolic OH excluding ortho intramolecular Hbond substituents is 1. The second-order valence-corrected chi connectivity index (χ2v) is 13.8. The van der Waals surface area contributed by atoms with Crippen molar-refractivity contribution in [3.05, 3.63) is 66.6 Å². The smallest absolute Gasteiger partial charge is 0.271 e.